The van der Waals surface area contributed by atoms with Gasteiger partial charge in [0.25, 0.3) is 0 Å². The molecule has 0 amide bonds. The van der Waals surface area contributed by atoms with Crippen LogP contribution < -0.4 is 5.43 Å². The van der Waals surface area contributed by atoms with E-state index in [1.54, 1.807) is 30.3 Å². The van der Waals surface area contributed by atoms with Crippen LogP contribution >= 0.6 is 0 Å². The van der Waals surface area contributed by atoms with Crippen LogP contribution in [0.3, 0.4) is 0 Å². The number of nitrogens with one attached hydrogen (secondary N) is 1. The van der Waals surface area contributed by atoms with Gasteiger partial charge in [-0.2, -0.15) is 13.2 Å². The maximum atomic E-state index is 14.9. The predicted molar refractivity (Wildman–Crippen MR) is 165 cm³/mol. The second-order valence-electron chi connectivity index (χ2n) is 17.6. The summed E-state index contributed by atoms with van der Waals surface area (Å²) in [5, 5.41) is 12.5. The summed E-state index contributed by atoms with van der Waals surface area (Å²) in [5.74, 6) is 0.419. The average Bonchev–Trinajstić information content (AvgIpc) is 3.73. The van der Waals surface area contributed by atoms with E-state index < -0.39 is 17.4 Å². The molecule has 0 radical (unpaired) electrons. The average molecular weight is 613 g/mol. The van der Waals surface area contributed by atoms with Crippen molar-refractivity contribution in [2.75, 3.05) is 0 Å². The van der Waals surface area contributed by atoms with Crippen molar-refractivity contribution < 1.29 is 23.1 Å². The second-order valence-corrected chi connectivity index (χ2v) is 17.6. The number of hydrogen-bond donors (Lipinski definition) is 2. The van der Waals surface area contributed by atoms with Crippen molar-refractivity contribution in [3.8, 4) is 0 Å². The highest BCUT2D eigenvalue weighted by Crippen LogP contribution is 2.75. The van der Waals surface area contributed by atoms with Crippen LogP contribution in [0.15, 0.2) is 42.0 Å². The fraction of sp³-hybridized carbons (Fsp3) is 0.757. The number of aliphatic hydroxyl groups excluding tert-OH is 1. The normalized spacial score (nSPS) is 51.3. The molecule has 1 heterocycles. The molecule has 6 aliphatic rings. The van der Waals surface area contributed by atoms with Gasteiger partial charge in [0.05, 0.1) is 6.10 Å². The van der Waals surface area contributed by atoms with Gasteiger partial charge in [-0.15, -0.1) is 0 Å². The maximum Gasteiger partial charge on any atom is 0.427 e. The molecular weight excluding hydrogens is 561 g/mol. The quantitative estimate of drug-likeness (QED) is 0.330. The van der Waals surface area contributed by atoms with Crippen LogP contribution in [0.5, 0.6) is 0 Å². The van der Waals surface area contributed by atoms with Crippen molar-refractivity contribution in [1.29, 1.82) is 0 Å². The van der Waals surface area contributed by atoms with Gasteiger partial charge in [-0.05, 0) is 115 Å². The molecule has 4 saturated carbocycles. The Morgan fingerprint density at radius 3 is 2.20 bits per heavy atom. The Bertz CT molecular complexity index is 1410. The molecule has 0 bridgehead atoms. The largest absolute Gasteiger partial charge is 0.427 e. The molecule has 7 rings (SSSR count). The number of ketones is 1. The van der Waals surface area contributed by atoms with E-state index in [0.29, 0.717) is 12.8 Å². The van der Waals surface area contributed by atoms with Gasteiger partial charge in [0.15, 0.2) is 5.78 Å². The minimum absolute atomic E-state index is 0.0426. The summed E-state index contributed by atoms with van der Waals surface area (Å²) in [5.41, 5.74) is 0.463. The molecule has 1 aromatic rings. The molecule has 44 heavy (non-hydrogen) atoms. The van der Waals surface area contributed by atoms with Gasteiger partial charge in [-0.1, -0.05) is 77.4 Å². The fourth-order valence-electron chi connectivity index (χ4n) is 12.3. The molecule has 4 nitrogen and oxygen atoms in total. The smallest absolute Gasteiger partial charge is 0.393 e. The van der Waals surface area contributed by atoms with Crippen molar-refractivity contribution in [3.05, 3.63) is 47.5 Å². The van der Waals surface area contributed by atoms with Crippen LogP contribution in [0.4, 0.5) is 13.2 Å². The topological polar surface area (TPSA) is 62.2 Å². The number of fused-ring (bicyclic) bond motifs is 7. The monoisotopic (exact) mass is 612 g/mol. The summed E-state index contributed by atoms with van der Waals surface area (Å²) in [6, 6.07) is 8.24. The zero-order valence-electron chi connectivity index (χ0n) is 27.6. The first-order chi connectivity index (χ1) is 20.3. The molecule has 0 spiro atoms. The molecule has 5 aliphatic carbocycles. The second kappa shape index (κ2) is 9.01. The summed E-state index contributed by atoms with van der Waals surface area (Å²) < 4.78 is 44.6. The van der Waals surface area contributed by atoms with Gasteiger partial charge in [0.2, 0.25) is 5.66 Å². The summed E-state index contributed by atoms with van der Waals surface area (Å²) in [6.07, 6.45) is 4.80. The van der Waals surface area contributed by atoms with Crippen molar-refractivity contribution in [2.24, 2.45) is 44.8 Å². The first kappa shape index (κ1) is 30.9. The molecule has 5 fully saturated rings. The lowest BCUT2D eigenvalue weighted by atomic mass is 9.33. The number of aliphatic hydroxyl groups is 1. The third-order valence-corrected chi connectivity index (χ3v) is 15.2. The molecule has 7 heteroatoms. The Balaban J connectivity index is 1.28. The van der Waals surface area contributed by atoms with Gasteiger partial charge in [0, 0.05) is 11.5 Å². The summed E-state index contributed by atoms with van der Waals surface area (Å²) in [6.45, 7) is 15.8. The number of halogens is 3. The molecule has 11 atom stereocenters. The zero-order chi connectivity index (χ0) is 31.9. The molecular formula is C37H51F3N2O2. The standard InChI is InChI=1S/C37H51F3N2O2/c1-30(2)27-13-16-35(7)29(33(27,5)15-14-28(30)44)26(43)21-24-25-22-32(4,19-17-31(25,3)18-20-34(24,35)6)42-36(41-42,37(38,39)40)23-11-9-8-10-12-23/h8-12,21,25,27-29,41,44H,13-20,22H2,1-7H3/t25-,27-,28-,29+,31+,32?,33-,34+,35+,36?,42?/m0/s1. The van der Waals surface area contributed by atoms with Gasteiger partial charge in [0.1, 0.15) is 0 Å². The van der Waals surface area contributed by atoms with Crippen molar-refractivity contribution in [3.63, 3.8) is 0 Å². The van der Waals surface area contributed by atoms with Gasteiger partial charge >= 0.3 is 6.18 Å². The Morgan fingerprint density at radius 1 is 0.886 bits per heavy atom. The van der Waals surface area contributed by atoms with Crippen LogP contribution in [-0.4, -0.2) is 33.7 Å². The number of carbonyl (C=O) groups is 1. The minimum atomic E-state index is -4.48. The first-order valence-electron chi connectivity index (χ1n) is 16.9. The summed E-state index contributed by atoms with van der Waals surface area (Å²) in [7, 11) is 0. The number of allylic oxidation sites excluding steroid dienone is 2. The number of benzene rings is 1. The SMILES string of the molecule is CC1(C)[C@@H](O)CC[C@]2(C)[C@H]3C(=O)C=C4[C@@H]5CC(C)(N6NC6(c6ccccc6)C(F)(F)F)CC[C@]5(C)CC[C@@]4(C)[C@]3(C)CC[C@@H]12. The van der Waals surface area contributed by atoms with E-state index in [4.69, 9.17) is 0 Å². The van der Waals surface area contributed by atoms with Crippen LogP contribution in [0.25, 0.3) is 0 Å². The fourth-order valence-corrected chi connectivity index (χ4v) is 12.3. The molecule has 1 aromatic carbocycles. The van der Waals surface area contributed by atoms with Gasteiger partial charge < -0.3 is 5.11 Å². The zero-order valence-corrected chi connectivity index (χ0v) is 27.6. The highest BCUT2D eigenvalue weighted by atomic mass is 19.4. The van der Waals surface area contributed by atoms with E-state index in [1.165, 1.54) is 10.6 Å². The number of alkyl halides is 3. The molecule has 3 unspecified atom stereocenters. The Morgan fingerprint density at radius 2 is 1.55 bits per heavy atom. The third-order valence-electron chi connectivity index (χ3n) is 15.2. The summed E-state index contributed by atoms with van der Waals surface area (Å²) in [4.78, 5) is 14.6. The van der Waals surface area contributed by atoms with Gasteiger partial charge in [-0.3, -0.25) is 4.79 Å². The van der Waals surface area contributed by atoms with E-state index in [9.17, 15) is 23.1 Å². The van der Waals surface area contributed by atoms with Crippen LogP contribution in [-0.2, 0) is 10.5 Å². The summed E-state index contributed by atoms with van der Waals surface area (Å²) >= 11 is 0. The van der Waals surface area contributed by atoms with Crippen LogP contribution in [0.1, 0.15) is 112 Å². The van der Waals surface area contributed by atoms with E-state index in [0.717, 1.165) is 44.9 Å². The van der Waals surface area contributed by atoms with E-state index in [-0.39, 0.29) is 62.3 Å². The number of carbonyl (C=O) groups excluding carboxylic acids is 1. The molecule has 242 valence electrons. The third kappa shape index (κ3) is 3.67. The Labute approximate surface area is 261 Å². The van der Waals surface area contributed by atoms with E-state index in [1.807, 2.05) is 13.0 Å². The van der Waals surface area contributed by atoms with Crippen molar-refractivity contribution >= 4 is 5.78 Å². The molecule has 0 aromatic heterocycles. The number of rotatable bonds is 2. The predicted octanol–water partition coefficient (Wildman–Crippen LogP) is 8.32. The Kier molecular flexibility index (Phi) is 6.33. The highest BCUT2D eigenvalue weighted by molar-refractivity contribution is 5.95. The van der Waals surface area contributed by atoms with Gasteiger partial charge in [-0.25, -0.2) is 10.4 Å². The maximum absolute atomic E-state index is 14.9. The van der Waals surface area contributed by atoms with E-state index >= 15 is 0 Å². The van der Waals surface area contributed by atoms with Crippen LogP contribution in [0.2, 0.25) is 0 Å². The number of nitrogens with zero attached hydrogens (tertiary/aromatic N) is 1. The lowest BCUT2D eigenvalue weighted by Crippen LogP contribution is -2.66. The van der Waals surface area contributed by atoms with Crippen molar-refractivity contribution in [2.45, 2.75) is 130 Å². The van der Waals surface area contributed by atoms with Crippen LogP contribution in [0, 0.1) is 44.8 Å². The highest BCUT2D eigenvalue weighted by Gasteiger charge is 2.76. The van der Waals surface area contributed by atoms with E-state index in [2.05, 4.69) is 47.0 Å². The molecule has 1 saturated heterocycles. The van der Waals surface area contributed by atoms with Crippen molar-refractivity contribution in [1.82, 2.24) is 10.4 Å². The lowest BCUT2D eigenvalue weighted by Gasteiger charge is -2.70. The Hall–Kier alpha value is -1.70. The molecule has 1 aliphatic heterocycles. The number of hydrogen-bond acceptors (Lipinski definition) is 4. The number of hydrazine groups is 1. The first-order valence-corrected chi connectivity index (χ1v) is 16.9. The molecule has 2 N–H and O–H groups in total. The minimum Gasteiger partial charge on any atom is -0.393 e. The lowest BCUT2D eigenvalue weighted by molar-refractivity contribution is -0.203.